The minimum Gasteiger partial charge on any atom is -0.497 e. The van der Waals surface area contributed by atoms with Crippen LogP contribution in [-0.2, 0) is 19.1 Å². The van der Waals surface area contributed by atoms with Crippen LogP contribution in [0.3, 0.4) is 0 Å². The summed E-state index contributed by atoms with van der Waals surface area (Å²) < 4.78 is 15.9. The van der Waals surface area contributed by atoms with Gasteiger partial charge in [0, 0.05) is 23.7 Å². The molecular weight excluding hydrogens is 398 g/mol. The van der Waals surface area contributed by atoms with E-state index in [2.05, 4.69) is 10.4 Å². The van der Waals surface area contributed by atoms with Crippen LogP contribution in [0.5, 0.6) is 5.75 Å². The third kappa shape index (κ3) is 4.49. The van der Waals surface area contributed by atoms with Gasteiger partial charge in [0.05, 0.1) is 37.5 Å². The highest BCUT2D eigenvalue weighted by molar-refractivity contribution is 6.06. The van der Waals surface area contributed by atoms with E-state index in [4.69, 9.17) is 14.2 Å². The van der Waals surface area contributed by atoms with Crippen molar-refractivity contribution in [3.63, 3.8) is 0 Å². The summed E-state index contributed by atoms with van der Waals surface area (Å²) in [5, 5.41) is 1.89. The first-order chi connectivity index (χ1) is 14.9. The fourth-order valence-electron chi connectivity index (χ4n) is 4.03. The van der Waals surface area contributed by atoms with Crippen LogP contribution in [0.1, 0.15) is 27.7 Å². The van der Waals surface area contributed by atoms with Gasteiger partial charge in [0.25, 0.3) is 0 Å². The summed E-state index contributed by atoms with van der Waals surface area (Å²) in [7, 11) is 1.61. The van der Waals surface area contributed by atoms with E-state index < -0.39 is 23.8 Å². The Labute approximate surface area is 182 Å². The summed E-state index contributed by atoms with van der Waals surface area (Å²) in [4.78, 5) is 30.4. The van der Waals surface area contributed by atoms with Crippen molar-refractivity contribution in [1.29, 1.82) is 0 Å². The zero-order valence-electron chi connectivity index (χ0n) is 18.6. The lowest BCUT2D eigenvalue weighted by Crippen LogP contribution is -2.44. The van der Waals surface area contributed by atoms with Crippen molar-refractivity contribution in [2.24, 2.45) is 16.8 Å². The fraction of sp³-hybridized carbons (Fsp3) is 0.435. The van der Waals surface area contributed by atoms with E-state index in [0.29, 0.717) is 23.5 Å². The molecule has 0 aromatic heterocycles. The zero-order chi connectivity index (χ0) is 22.5. The molecular formula is C23H29N3O5. The van der Waals surface area contributed by atoms with Crippen molar-refractivity contribution in [2.75, 3.05) is 31.9 Å². The first-order valence-corrected chi connectivity index (χ1v) is 10.4. The molecule has 1 aromatic carbocycles. The second kappa shape index (κ2) is 9.78. The van der Waals surface area contributed by atoms with Gasteiger partial charge in [0.2, 0.25) is 0 Å². The minimum atomic E-state index is -0.727. The van der Waals surface area contributed by atoms with Crippen LogP contribution >= 0.6 is 0 Å². The van der Waals surface area contributed by atoms with Crippen molar-refractivity contribution in [3.05, 3.63) is 47.3 Å². The summed E-state index contributed by atoms with van der Waals surface area (Å²) in [5.41, 5.74) is 6.46. The molecule has 0 saturated heterocycles. The molecule has 2 aliphatic rings. The van der Waals surface area contributed by atoms with Gasteiger partial charge in [-0.05, 0) is 58.0 Å². The van der Waals surface area contributed by atoms with Crippen molar-refractivity contribution in [1.82, 2.24) is 5.43 Å². The summed E-state index contributed by atoms with van der Waals surface area (Å²) in [6, 6.07) is 7.54. The van der Waals surface area contributed by atoms with E-state index in [9.17, 15) is 9.59 Å². The van der Waals surface area contributed by atoms with Crippen molar-refractivity contribution in [2.45, 2.75) is 27.7 Å². The van der Waals surface area contributed by atoms with Gasteiger partial charge in [-0.25, -0.2) is 10.2 Å². The number of allylic oxidation sites excluding steroid dienone is 2. The number of hydrogen-bond acceptors (Lipinski definition) is 8. The Morgan fingerprint density at radius 2 is 1.81 bits per heavy atom. The molecule has 8 nitrogen and oxygen atoms in total. The molecule has 2 aliphatic heterocycles. The Morgan fingerprint density at radius 1 is 1.13 bits per heavy atom. The van der Waals surface area contributed by atoms with Crippen molar-refractivity contribution >= 4 is 23.3 Å². The lowest BCUT2D eigenvalue weighted by Gasteiger charge is -2.35. The molecule has 2 unspecified atom stereocenters. The van der Waals surface area contributed by atoms with Gasteiger partial charge in [0.1, 0.15) is 11.7 Å². The molecule has 0 amide bonds. The maximum atomic E-state index is 13.0. The predicted molar refractivity (Wildman–Crippen MR) is 118 cm³/mol. The molecule has 1 N–H and O–H groups in total. The molecule has 8 heteroatoms. The normalized spacial score (nSPS) is 20.9. The number of esters is 2. The first-order valence-electron chi connectivity index (χ1n) is 10.4. The summed E-state index contributed by atoms with van der Waals surface area (Å²) in [6.45, 7) is 8.10. The van der Waals surface area contributed by atoms with Crippen LogP contribution in [0.2, 0.25) is 0 Å². The van der Waals surface area contributed by atoms with E-state index >= 15 is 0 Å². The molecule has 2 atom stereocenters. The molecule has 2 heterocycles. The van der Waals surface area contributed by atoms with Gasteiger partial charge < -0.3 is 14.2 Å². The number of aliphatic imine (C=N–C) groups is 1. The monoisotopic (exact) mass is 427 g/mol. The maximum Gasteiger partial charge on any atom is 0.336 e. The van der Waals surface area contributed by atoms with Crippen LogP contribution in [0.15, 0.2) is 52.3 Å². The van der Waals surface area contributed by atoms with Crippen molar-refractivity contribution < 1.29 is 23.8 Å². The van der Waals surface area contributed by atoms with Gasteiger partial charge in [-0.2, -0.15) is 0 Å². The van der Waals surface area contributed by atoms with E-state index in [0.717, 1.165) is 17.1 Å². The average molecular weight is 428 g/mol. The van der Waals surface area contributed by atoms with Gasteiger partial charge in [-0.3, -0.25) is 14.8 Å². The Kier molecular flexibility index (Phi) is 7.12. The first kappa shape index (κ1) is 22.6. The Hall–Kier alpha value is -3.13. The number of ether oxygens (including phenoxy) is 3. The minimum absolute atomic E-state index is 0.231. The van der Waals surface area contributed by atoms with Crippen LogP contribution < -0.4 is 15.2 Å². The van der Waals surface area contributed by atoms with Crippen LogP contribution in [-0.4, -0.2) is 44.5 Å². The second-order valence-electron chi connectivity index (χ2n) is 7.20. The Bertz CT molecular complexity index is 933. The zero-order valence-corrected chi connectivity index (χ0v) is 18.6. The third-order valence-corrected chi connectivity index (χ3v) is 5.33. The number of benzene rings is 1. The third-order valence-electron chi connectivity index (χ3n) is 5.33. The van der Waals surface area contributed by atoms with Gasteiger partial charge in [-0.1, -0.05) is 0 Å². The van der Waals surface area contributed by atoms with Gasteiger partial charge in [-0.15, -0.1) is 0 Å². The molecule has 0 bridgehead atoms. The number of hydrazine groups is 1. The van der Waals surface area contributed by atoms with Crippen LogP contribution in [0.4, 0.5) is 5.69 Å². The van der Waals surface area contributed by atoms with Gasteiger partial charge in [0.15, 0.2) is 0 Å². The highest BCUT2D eigenvalue weighted by Crippen LogP contribution is 2.40. The van der Waals surface area contributed by atoms with Crippen LogP contribution in [0.25, 0.3) is 0 Å². The Balaban J connectivity index is 2.09. The Morgan fingerprint density at radius 3 is 2.42 bits per heavy atom. The van der Waals surface area contributed by atoms with Crippen LogP contribution in [0, 0.1) is 11.8 Å². The molecule has 166 valence electrons. The fourth-order valence-corrected chi connectivity index (χ4v) is 4.03. The number of rotatable bonds is 7. The molecule has 31 heavy (non-hydrogen) atoms. The SMILES string of the molecule is CCOC(=O)C1=C(C)N=C(C)C(C(=O)OCC)C1C1=CCNN1c1ccc(OC)cc1. The largest absolute Gasteiger partial charge is 0.497 e. The standard InChI is InChI=1S/C23H29N3O5/c1-6-30-22(27)19-14(3)25-15(4)20(23(28)31-7-2)21(19)18-12-13-24-26(18)16-8-10-17(29-5)11-9-16/h8-12,19,21,24H,6-7,13H2,1-5H3. The summed E-state index contributed by atoms with van der Waals surface area (Å²) in [6.07, 6.45) is 1.98. The number of nitrogens with one attached hydrogen (secondary N) is 1. The van der Waals surface area contributed by atoms with E-state index in [1.54, 1.807) is 34.8 Å². The van der Waals surface area contributed by atoms with Crippen molar-refractivity contribution in [3.8, 4) is 5.75 Å². The van der Waals surface area contributed by atoms with E-state index in [1.165, 1.54) is 0 Å². The maximum absolute atomic E-state index is 13.0. The molecule has 0 spiro atoms. The molecule has 0 fully saturated rings. The molecule has 0 radical (unpaired) electrons. The number of carbonyl (C=O) groups is 2. The average Bonchev–Trinajstić information content (AvgIpc) is 3.23. The molecule has 0 saturated carbocycles. The number of methoxy groups -OCH3 is 1. The number of nitrogens with zero attached hydrogens (tertiary/aromatic N) is 2. The molecule has 1 aromatic rings. The smallest absolute Gasteiger partial charge is 0.336 e. The summed E-state index contributed by atoms with van der Waals surface area (Å²) >= 11 is 0. The topological polar surface area (TPSA) is 89.5 Å². The predicted octanol–water partition coefficient (Wildman–Crippen LogP) is 3.01. The number of anilines is 1. The van der Waals surface area contributed by atoms with E-state index in [1.807, 2.05) is 35.4 Å². The highest BCUT2D eigenvalue weighted by atomic mass is 16.5. The van der Waals surface area contributed by atoms with E-state index in [-0.39, 0.29) is 13.2 Å². The summed E-state index contributed by atoms with van der Waals surface area (Å²) in [5.74, 6) is -1.47. The number of hydrogen-bond donors (Lipinski definition) is 1. The lowest BCUT2D eigenvalue weighted by molar-refractivity contribution is -0.146. The lowest BCUT2D eigenvalue weighted by atomic mass is 9.77. The highest BCUT2D eigenvalue weighted by Gasteiger charge is 2.45. The number of carbonyl (C=O) groups excluding carboxylic acids is 2. The quantitative estimate of drug-likeness (QED) is 0.669. The molecule has 3 rings (SSSR count). The van der Waals surface area contributed by atoms with Gasteiger partial charge >= 0.3 is 11.9 Å². The second-order valence-corrected chi connectivity index (χ2v) is 7.20. The molecule has 0 aliphatic carbocycles.